The van der Waals surface area contributed by atoms with Crippen LogP contribution in [-0.4, -0.2) is 44.2 Å². The summed E-state index contributed by atoms with van der Waals surface area (Å²) in [7, 11) is 0. The Hall–Kier alpha value is -1.22. The maximum Gasteiger partial charge on any atom is 0.121 e. The molecule has 0 bridgehead atoms. The van der Waals surface area contributed by atoms with Gasteiger partial charge in [0, 0.05) is 31.4 Å². The lowest BCUT2D eigenvalue weighted by atomic mass is 10.1. The fourth-order valence-corrected chi connectivity index (χ4v) is 2.83. The Morgan fingerprint density at radius 1 is 1.10 bits per heavy atom. The van der Waals surface area contributed by atoms with Crippen LogP contribution < -0.4 is 9.64 Å². The molecular weight excluding hydrogens is 248 g/mol. The highest BCUT2D eigenvalue weighted by atomic mass is 16.5. The Balaban J connectivity index is 1.81. The van der Waals surface area contributed by atoms with Crippen LogP contribution in [0.1, 0.15) is 33.1 Å². The van der Waals surface area contributed by atoms with Crippen molar-refractivity contribution in [2.24, 2.45) is 0 Å². The maximum atomic E-state index is 5.92. The summed E-state index contributed by atoms with van der Waals surface area (Å²) in [5.41, 5.74) is 1.26. The zero-order valence-electron chi connectivity index (χ0n) is 13.0. The molecule has 1 aromatic rings. The molecule has 0 unspecified atom stereocenters. The Labute approximate surface area is 123 Å². The van der Waals surface area contributed by atoms with Gasteiger partial charge >= 0.3 is 0 Å². The average Bonchev–Trinajstić information content (AvgIpc) is 2.50. The molecule has 0 amide bonds. The van der Waals surface area contributed by atoms with Gasteiger partial charge in [-0.2, -0.15) is 0 Å². The van der Waals surface area contributed by atoms with E-state index in [-0.39, 0.29) is 0 Å². The number of benzene rings is 1. The highest BCUT2D eigenvalue weighted by Crippen LogP contribution is 2.21. The van der Waals surface area contributed by atoms with E-state index < -0.39 is 0 Å². The van der Waals surface area contributed by atoms with Gasteiger partial charge in [0.05, 0.1) is 0 Å². The second kappa shape index (κ2) is 8.15. The third kappa shape index (κ3) is 4.41. The monoisotopic (exact) mass is 276 g/mol. The zero-order chi connectivity index (χ0) is 14.2. The number of ether oxygens (including phenoxy) is 1. The van der Waals surface area contributed by atoms with Crippen molar-refractivity contribution in [2.45, 2.75) is 33.1 Å². The van der Waals surface area contributed by atoms with Gasteiger partial charge in [0.1, 0.15) is 12.4 Å². The topological polar surface area (TPSA) is 15.7 Å². The summed E-state index contributed by atoms with van der Waals surface area (Å²) in [4.78, 5) is 4.86. The van der Waals surface area contributed by atoms with Crippen LogP contribution >= 0.6 is 0 Å². The van der Waals surface area contributed by atoms with Crippen LogP contribution in [0.4, 0.5) is 5.69 Å². The molecule has 0 atom stereocenters. The van der Waals surface area contributed by atoms with Crippen molar-refractivity contribution in [3.05, 3.63) is 24.3 Å². The van der Waals surface area contributed by atoms with E-state index >= 15 is 0 Å². The van der Waals surface area contributed by atoms with Gasteiger partial charge < -0.3 is 9.64 Å². The van der Waals surface area contributed by atoms with Gasteiger partial charge in [-0.3, -0.25) is 4.90 Å². The minimum atomic E-state index is 0.793. The maximum absolute atomic E-state index is 5.92. The van der Waals surface area contributed by atoms with Crippen molar-refractivity contribution < 1.29 is 4.74 Å². The van der Waals surface area contributed by atoms with Crippen LogP contribution in [0.15, 0.2) is 24.3 Å². The highest BCUT2D eigenvalue weighted by molar-refractivity contribution is 5.50. The fourth-order valence-electron chi connectivity index (χ4n) is 2.83. The Morgan fingerprint density at radius 2 is 1.85 bits per heavy atom. The molecule has 3 nitrogen and oxygen atoms in total. The van der Waals surface area contributed by atoms with E-state index in [1.54, 1.807) is 0 Å². The average molecular weight is 276 g/mol. The first kappa shape index (κ1) is 15.2. The SMILES string of the molecule is CCN(CC)c1cccc(OCCN2CCCCC2)c1. The molecule has 0 aromatic heterocycles. The van der Waals surface area contributed by atoms with Crippen molar-refractivity contribution >= 4 is 5.69 Å². The van der Waals surface area contributed by atoms with Crippen LogP contribution in [0, 0.1) is 0 Å². The number of hydrogen-bond acceptors (Lipinski definition) is 3. The number of piperidine rings is 1. The molecule has 0 radical (unpaired) electrons. The van der Waals surface area contributed by atoms with Crippen molar-refractivity contribution in [1.29, 1.82) is 0 Å². The lowest BCUT2D eigenvalue weighted by molar-refractivity contribution is 0.183. The molecule has 0 saturated carbocycles. The minimum absolute atomic E-state index is 0.793. The van der Waals surface area contributed by atoms with Crippen molar-refractivity contribution in [2.75, 3.05) is 44.2 Å². The van der Waals surface area contributed by atoms with Gasteiger partial charge in [0.2, 0.25) is 0 Å². The number of likely N-dealkylation sites (tertiary alicyclic amines) is 1. The van der Waals surface area contributed by atoms with Crippen LogP contribution in [-0.2, 0) is 0 Å². The zero-order valence-corrected chi connectivity index (χ0v) is 13.0. The van der Waals surface area contributed by atoms with E-state index in [1.807, 2.05) is 0 Å². The fraction of sp³-hybridized carbons (Fsp3) is 0.647. The summed E-state index contributed by atoms with van der Waals surface area (Å²) in [6, 6.07) is 8.46. The Kier molecular flexibility index (Phi) is 6.19. The Morgan fingerprint density at radius 3 is 2.55 bits per heavy atom. The Bertz CT molecular complexity index is 384. The molecule has 1 saturated heterocycles. The molecule has 1 aromatic carbocycles. The largest absolute Gasteiger partial charge is 0.492 e. The number of nitrogens with zero attached hydrogens (tertiary/aromatic N) is 2. The van der Waals surface area contributed by atoms with Crippen LogP contribution in [0.2, 0.25) is 0 Å². The standard InChI is InChI=1S/C17H28N2O/c1-3-19(4-2)16-9-8-10-17(15-16)20-14-13-18-11-6-5-7-12-18/h8-10,15H,3-7,11-14H2,1-2H3. The van der Waals surface area contributed by atoms with Crippen molar-refractivity contribution in [3.8, 4) is 5.75 Å². The molecule has 1 aliphatic rings. The van der Waals surface area contributed by atoms with Crippen molar-refractivity contribution in [1.82, 2.24) is 4.90 Å². The molecule has 112 valence electrons. The molecule has 1 heterocycles. The summed E-state index contributed by atoms with van der Waals surface area (Å²) in [5, 5.41) is 0. The van der Waals surface area contributed by atoms with Gasteiger partial charge in [-0.1, -0.05) is 12.5 Å². The lowest BCUT2D eigenvalue weighted by Crippen LogP contribution is -2.33. The van der Waals surface area contributed by atoms with E-state index in [4.69, 9.17) is 4.74 Å². The highest BCUT2D eigenvalue weighted by Gasteiger charge is 2.09. The summed E-state index contributed by atoms with van der Waals surface area (Å²) in [6.45, 7) is 10.8. The number of anilines is 1. The molecule has 20 heavy (non-hydrogen) atoms. The lowest BCUT2D eigenvalue weighted by Gasteiger charge is -2.26. The third-order valence-corrected chi connectivity index (χ3v) is 4.07. The van der Waals surface area contributed by atoms with Gasteiger partial charge in [-0.15, -0.1) is 0 Å². The summed E-state index contributed by atoms with van der Waals surface area (Å²) in [6.07, 6.45) is 4.08. The number of hydrogen-bond donors (Lipinski definition) is 0. The van der Waals surface area contributed by atoms with E-state index in [1.165, 1.54) is 38.0 Å². The predicted molar refractivity (Wildman–Crippen MR) is 85.8 cm³/mol. The molecule has 3 heteroatoms. The van der Waals surface area contributed by atoms with Gasteiger partial charge in [0.25, 0.3) is 0 Å². The molecule has 2 rings (SSSR count). The molecule has 0 N–H and O–H groups in total. The van der Waals surface area contributed by atoms with E-state index in [2.05, 4.69) is 47.9 Å². The van der Waals surface area contributed by atoms with E-state index in [9.17, 15) is 0 Å². The van der Waals surface area contributed by atoms with E-state index in [0.717, 1.165) is 32.0 Å². The van der Waals surface area contributed by atoms with Crippen LogP contribution in [0.3, 0.4) is 0 Å². The molecule has 0 aliphatic carbocycles. The minimum Gasteiger partial charge on any atom is -0.492 e. The van der Waals surface area contributed by atoms with Crippen LogP contribution in [0.25, 0.3) is 0 Å². The first-order valence-corrected chi connectivity index (χ1v) is 8.03. The van der Waals surface area contributed by atoms with Crippen LogP contribution in [0.5, 0.6) is 5.75 Å². The van der Waals surface area contributed by atoms with Gasteiger partial charge in [0.15, 0.2) is 0 Å². The second-order valence-corrected chi connectivity index (χ2v) is 5.42. The van der Waals surface area contributed by atoms with Crippen molar-refractivity contribution in [3.63, 3.8) is 0 Å². The van der Waals surface area contributed by atoms with Gasteiger partial charge in [-0.25, -0.2) is 0 Å². The first-order chi connectivity index (χ1) is 9.83. The molecule has 1 aliphatic heterocycles. The summed E-state index contributed by atoms with van der Waals surface area (Å²) >= 11 is 0. The first-order valence-electron chi connectivity index (χ1n) is 8.03. The second-order valence-electron chi connectivity index (χ2n) is 5.42. The van der Waals surface area contributed by atoms with Gasteiger partial charge in [-0.05, 0) is 51.9 Å². The third-order valence-electron chi connectivity index (χ3n) is 4.07. The summed E-state index contributed by atoms with van der Waals surface area (Å²) < 4.78 is 5.92. The molecule has 1 fully saturated rings. The smallest absolute Gasteiger partial charge is 0.121 e. The predicted octanol–water partition coefficient (Wildman–Crippen LogP) is 3.40. The quantitative estimate of drug-likeness (QED) is 0.759. The summed E-state index contributed by atoms with van der Waals surface area (Å²) in [5.74, 6) is 0.992. The molecule has 0 spiro atoms. The normalized spacial score (nSPS) is 16.1. The van der Waals surface area contributed by atoms with E-state index in [0.29, 0.717) is 0 Å². The molecular formula is C17H28N2O. The number of rotatable bonds is 7.